The van der Waals surface area contributed by atoms with E-state index in [1.54, 1.807) is 49.6 Å². The standard InChI is InChI=1S/C62H64ClF2N9O8S/c1-8-35(31-79-36-13-16-47-41(25-36)37(9-2)44-29-73(33-75)48(52(44)67-47)27-40-34(4)30-80-58(77)38(40)10-3)57(76)72-23-21-71(22-24-72)55-42-26-45(63)50(51(65)53(42)68-59(69-55)81-32-62-17-11-19-74(62)20-12-18-62)39-14-15-46(64)54-49(39)43(28-66)56(83-54)70-60(78)82-61(5,6)7/h8,13-16,25-27,33,38H,9-12,17-24,29-32H2,1-7H3,(H,70,78)/b35-8+,48-27-. The van der Waals surface area contributed by atoms with Crippen LogP contribution in [0.1, 0.15) is 103 Å². The van der Waals surface area contributed by atoms with E-state index in [2.05, 4.69) is 23.2 Å². The molecule has 3 saturated heterocycles. The minimum atomic E-state index is -0.857. The van der Waals surface area contributed by atoms with Crippen LogP contribution in [0.15, 0.2) is 65.3 Å². The van der Waals surface area contributed by atoms with E-state index in [4.69, 9.17) is 45.5 Å². The normalized spacial score (nSPS) is 18.7. The molecule has 11 rings (SSSR count). The number of aryl methyl sites for hydroxylation is 1. The van der Waals surface area contributed by atoms with Gasteiger partial charge in [-0.05, 0) is 145 Å². The molecule has 1 unspecified atom stereocenters. The van der Waals surface area contributed by atoms with Gasteiger partial charge in [-0.1, -0.05) is 37.6 Å². The number of benzene rings is 3. The maximum Gasteiger partial charge on any atom is 0.412 e. The molecule has 0 spiro atoms. The molecule has 5 aliphatic rings. The zero-order valence-corrected chi connectivity index (χ0v) is 49.0. The molecular weight excluding hydrogens is 1100 g/mol. The van der Waals surface area contributed by atoms with Crippen LogP contribution in [0.25, 0.3) is 48.7 Å². The van der Waals surface area contributed by atoms with Crippen molar-refractivity contribution < 1.29 is 46.9 Å². The molecule has 5 aliphatic heterocycles. The average Bonchev–Trinajstić information content (AvgIpc) is 2.25. The second-order valence-electron chi connectivity index (χ2n) is 22.7. The van der Waals surface area contributed by atoms with Gasteiger partial charge >= 0.3 is 18.1 Å². The summed E-state index contributed by atoms with van der Waals surface area (Å²) in [6.45, 7) is 16.7. The number of cyclic esters (lactones) is 1. The van der Waals surface area contributed by atoms with Crippen molar-refractivity contribution in [1.82, 2.24) is 29.7 Å². The Morgan fingerprint density at radius 3 is 2.46 bits per heavy atom. The van der Waals surface area contributed by atoms with Gasteiger partial charge in [-0.15, -0.1) is 11.3 Å². The Labute approximate surface area is 488 Å². The Morgan fingerprint density at radius 2 is 1.77 bits per heavy atom. The number of thiophene rings is 1. The maximum atomic E-state index is 17.8. The monoisotopic (exact) mass is 1170 g/mol. The number of pyridine rings is 1. The summed E-state index contributed by atoms with van der Waals surface area (Å²) in [5.74, 6) is -1.54. The molecule has 0 bridgehead atoms. The molecule has 6 aromatic rings. The largest absolute Gasteiger partial charge is 0.489 e. The summed E-state index contributed by atoms with van der Waals surface area (Å²) in [4.78, 5) is 75.0. The molecule has 3 aromatic carbocycles. The third-order valence-electron chi connectivity index (χ3n) is 16.6. The van der Waals surface area contributed by atoms with Crippen molar-refractivity contribution in [2.75, 3.05) is 69.3 Å². The highest BCUT2D eigenvalue weighted by molar-refractivity contribution is 7.23. The van der Waals surface area contributed by atoms with Crippen LogP contribution in [0.3, 0.4) is 0 Å². The number of esters is 1. The number of hydrogen-bond donors (Lipinski definition) is 1. The molecule has 17 nitrogen and oxygen atoms in total. The number of nitrogens with one attached hydrogen (secondary N) is 1. The topological polar surface area (TPSA) is 193 Å². The lowest BCUT2D eigenvalue weighted by Gasteiger charge is -2.36. The smallest absolute Gasteiger partial charge is 0.412 e. The van der Waals surface area contributed by atoms with Gasteiger partial charge in [-0.2, -0.15) is 15.2 Å². The summed E-state index contributed by atoms with van der Waals surface area (Å²) in [5, 5.41) is 14.3. The summed E-state index contributed by atoms with van der Waals surface area (Å²) in [6.07, 6.45) is 8.82. The fourth-order valence-corrected chi connectivity index (χ4v) is 13.9. The number of nitrogens with zero attached hydrogens (tertiary/aromatic N) is 8. The predicted octanol–water partition coefficient (Wildman–Crippen LogP) is 11.7. The number of rotatable bonds is 14. The molecule has 3 amide bonds. The van der Waals surface area contributed by atoms with Crippen LogP contribution < -0.4 is 19.7 Å². The highest BCUT2D eigenvalue weighted by Crippen LogP contribution is 2.48. The summed E-state index contributed by atoms with van der Waals surface area (Å²) >= 11 is 7.93. The lowest BCUT2D eigenvalue weighted by molar-refractivity contribution is -0.147. The number of halogens is 3. The Hall–Kier alpha value is -7.73. The first-order valence-electron chi connectivity index (χ1n) is 28.2. The second-order valence-corrected chi connectivity index (χ2v) is 24.2. The van der Waals surface area contributed by atoms with E-state index in [0.29, 0.717) is 73.1 Å². The Kier molecular flexibility index (Phi) is 15.7. The van der Waals surface area contributed by atoms with Gasteiger partial charge in [-0.25, -0.2) is 18.6 Å². The number of nitriles is 1. The molecule has 0 radical (unpaired) electrons. The molecular formula is C62H64ClF2N9O8S. The summed E-state index contributed by atoms with van der Waals surface area (Å²) < 4.78 is 57.1. The van der Waals surface area contributed by atoms with E-state index in [9.17, 15) is 24.4 Å². The number of piperazine rings is 1. The van der Waals surface area contributed by atoms with Crippen molar-refractivity contribution >= 4 is 95.7 Å². The lowest BCUT2D eigenvalue weighted by atomic mass is 9.89. The van der Waals surface area contributed by atoms with Crippen molar-refractivity contribution in [1.29, 1.82) is 5.26 Å². The zero-order chi connectivity index (χ0) is 58.6. The molecule has 1 atom stereocenters. The number of carbonyl (C=O) groups is 4. The van der Waals surface area contributed by atoms with Crippen LogP contribution in [0, 0.1) is 28.9 Å². The van der Waals surface area contributed by atoms with Gasteiger partial charge in [0.05, 0.1) is 55.8 Å². The van der Waals surface area contributed by atoms with Crippen LogP contribution in [0.2, 0.25) is 5.02 Å². The fraction of sp³-hybridized carbons (Fsp3) is 0.419. The number of fused-ring (bicyclic) bond motifs is 5. The molecule has 8 heterocycles. The second kappa shape index (κ2) is 22.8. The van der Waals surface area contributed by atoms with Gasteiger partial charge in [0.1, 0.15) is 59.4 Å². The number of hydrogen-bond acceptors (Lipinski definition) is 15. The highest BCUT2D eigenvalue weighted by Gasteiger charge is 2.45. The molecule has 3 fully saturated rings. The third-order valence-corrected chi connectivity index (χ3v) is 18.0. The van der Waals surface area contributed by atoms with Crippen LogP contribution >= 0.6 is 22.9 Å². The minimum absolute atomic E-state index is 0.00727. The molecule has 0 saturated carbocycles. The molecule has 3 aromatic heterocycles. The first-order chi connectivity index (χ1) is 39.9. The van der Waals surface area contributed by atoms with Crippen LogP contribution in [-0.2, 0) is 36.8 Å². The first-order valence-corrected chi connectivity index (χ1v) is 29.4. The van der Waals surface area contributed by atoms with Gasteiger partial charge in [0.15, 0.2) is 5.82 Å². The highest BCUT2D eigenvalue weighted by atomic mass is 35.5. The molecule has 0 aliphatic carbocycles. The molecule has 21 heteroatoms. The van der Waals surface area contributed by atoms with E-state index >= 15 is 8.78 Å². The fourth-order valence-electron chi connectivity index (χ4n) is 12.5. The van der Waals surface area contributed by atoms with E-state index < -0.39 is 29.2 Å². The predicted molar refractivity (Wildman–Crippen MR) is 314 cm³/mol. The van der Waals surface area contributed by atoms with Crippen molar-refractivity contribution in [2.45, 2.75) is 105 Å². The number of aromatic nitrogens is 3. The van der Waals surface area contributed by atoms with Crippen molar-refractivity contribution in [3.63, 3.8) is 0 Å². The first kappa shape index (κ1) is 57.1. The number of allylic oxidation sites excluding steroid dienone is 2. The quantitative estimate of drug-likeness (QED) is 0.0615. The van der Waals surface area contributed by atoms with Gasteiger partial charge in [0, 0.05) is 53.5 Å². The van der Waals surface area contributed by atoms with E-state index in [-0.39, 0.29) is 97.4 Å². The maximum absolute atomic E-state index is 17.8. The molecule has 83 heavy (non-hydrogen) atoms. The number of amides is 3. The Bertz CT molecular complexity index is 3810. The van der Waals surface area contributed by atoms with E-state index in [1.165, 1.54) is 12.1 Å². The Morgan fingerprint density at radius 1 is 1.01 bits per heavy atom. The van der Waals surface area contributed by atoms with Crippen LogP contribution in [0.4, 0.5) is 24.4 Å². The number of carbonyl (C=O) groups excluding carboxylic acids is 4. The SMILES string of the molecule is C/C=C(\COc1ccc2nc3c(c(CC)c2c1)CN(C=O)/C3=C\C1=C(C)COC(=O)C1CC)C(=O)N1CCN(c2nc(OCC34CCCN3CCC4)nc3c(F)c(-c4ccc(F)c5sc(NC(=O)OC(C)(C)C)c(C#N)c45)c(Cl)cc23)CC1. The van der Waals surface area contributed by atoms with E-state index in [1.807, 2.05) is 43.0 Å². The molecule has 432 valence electrons. The van der Waals surface area contributed by atoms with E-state index in [0.717, 1.165) is 84.2 Å². The van der Waals surface area contributed by atoms with Crippen molar-refractivity contribution in [3.05, 3.63) is 104 Å². The van der Waals surface area contributed by atoms with Crippen LogP contribution in [-0.4, -0.2) is 124 Å². The summed E-state index contributed by atoms with van der Waals surface area (Å²) in [5.41, 5.74) is 4.99. The number of ether oxygens (including phenoxy) is 4. The summed E-state index contributed by atoms with van der Waals surface area (Å²) in [7, 11) is 0. The van der Waals surface area contributed by atoms with Crippen molar-refractivity contribution in [2.24, 2.45) is 5.92 Å². The van der Waals surface area contributed by atoms with Gasteiger partial charge < -0.3 is 33.6 Å². The molecule has 1 N–H and O–H groups in total. The van der Waals surface area contributed by atoms with Gasteiger partial charge in [0.25, 0.3) is 5.91 Å². The number of anilines is 2. The van der Waals surface area contributed by atoms with Gasteiger partial charge in [0.2, 0.25) is 6.41 Å². The lowest BCUT2D eigenvalue weighted by Crippen LogP contribution is -2.49. The third kappa shape index (κ3) is 10.6. The minimum Gasteiger partial charge on any atom is -0.489 e. The average molecular weight is 1170 g/mol. The van der Waals surface area contributed by atoms with Crippen molar-refractivity contribution in [3.8, 4) is 29.0 Å². The van der Waals surface area contributed by atoms with Crippen LogP contribution in [0.5, 0.6) is 11.8 Å². The Balaban J connectivity index is 0.850. The zero-order valence-electron chi connectivity index (χ0n) is 47.5. The van der Waals surface area contributed by atoms with Gasteiger partial charge in [-0.3, -0.25) is 24.6 Å². The summed E-state index contributed by atoms with van der Waals surface area (Å²) in [6, 6.07) is 11.8.